The normalized spacial score (nSPS) is 20.0. The van der Waals surface area contributed by atoms with Gasteiger partial charge >= 0.3 is 0 Å². The molecule has 0 radical (unpaired) electrons. The number of rotatable bonds is 0. The predicted molar refractivity (Wildman–Crippen MR) is 84.3 cm³/mol. The van der Waals surface area contributed by atoms with Gasteiger partial charge in [0.15, 0.2) is 0 Å². The lowest BCUT2D eigenvalue weighted by atomic mass is 9.84. The SMILES string of the molecule is CC.CC1c2ccccc2Nc2ccccc2C1C. The molecule has 2 aromatic rings. The average Bonchev–Trinajstić information content (AvgIpc) is 2.58. The standard InChI is InChI=1S/C16H17N.C2H6/c1-11-12(2)14-8-4-6-10-16(14)17-15-9-5-3-7-13(11)15;1-2/h3-12,17H,1-2H3;1-2H3. The molecule has 0 fully saturated rings. The van der Waals surface area contributed by atoms with Crippen molar-refractivity contribution in [2.75, 3.05) is 5.32 Å². The van der Waals surface area contributed by atoms with Gasteiger partial charge < -0.3 is 5.32 Å². The molecule has 0 amide bonds. The van der Waals surface area contributed by atoms with Crippen LogP contribution in [0.25, 0.3) is 0 Å². The summed E-state index contributed by atoms with van der Waals surface area (Å²) in [6, 6.07) is 17.2. The maximum atomic E-state index is 3.56. The first-order chi connectivity index (χ1) is 9.27. The van der Waals surface area contributed by atoms with E-state index in [-0.39, 0.29) is 0 Å². The Labute approximate surface area is 116 Å². The molecule has 0 bridgehead atoms. The summed E-state index contributed by atoms with van der Waals surface area (Å²) >= 11 is 0. The summed E-state index contributed by atoms with van der Waals surface area (Å²) in [4.78, 5) is 0. The predicted octanol–water partition coefficient (Wildman–Crippen LogP) is 5.68. The maximum Gasteiger partial charge on any atom is 0.0419 e. The first kappa shape index (κ1) is 13.7. The first-order valence-electron chi connectivity index (χ1n) is 7.22. The van der Waals surface area contributed by atoms with E-state index in [1.807, 2.05) is 13.8 Å². The highest BCUT2D eigenvalue weighted by Gasteiger charge is 2.24. The van der Waals surface area contributed by atoms with Crippen LogP contribution < -0.4 is 5.32 Å². The third-order valence-corrected chi connectivity index (χ3v) is 3.92. The lowest BCUT2D eigenvalue weighted by Gasteiger charge is -2.19. The molecule has 1 heteroatoms. The lowest BCUT2D eigenvalue weighted by Crippen LogP contribution is -2.02. The molecule has 1 aliphatic heterocycles. The molecule has 0 spiro atoms. The molecule has 1 nitrogen and oxygen atoms in total. The van der Waals surface area contributed by atoms with Gasteiger partial charge in [-0.05, 0) is 35.1 Å². The molecule has 0 saturated heterocycles. The summed E-state index contributed by atoms with van der Waals surface area (Å²) < 4.78 is 0. The smallest absolute Gasteiger partial charge is 0.0419 e. The van der Waals surface area contributed by atoms with Gasteiger partial charge in [0.25, 0.3) is 0 Å². The topological polar surface area (TPSA) is 12.0 Å². The van der Waals surface area contributed by atoms with E-state index >= 15 is 0 Å². The second kappa shape index (κ2) is 5.92. The second-order valence-corrected chi connectivity index (χ2v) is 4.88. The van der Waals surface area contributed by atoms with Crippen LogP contribution >= 0.6 is 0 Å². The minimum Gasteiger partial charge on any atom is -0.355 e. The Balaban J connectivity index is 0.000000637. The van der Waals surface area contributed by atoms with Crippen molar-refractivity contribution in [1.29, 1.82) is 0 Å². The molecule has 2 atom stereocenters. The summed E-state index contributed by atoms with van der Waals surface area (Å²) in [5.41, 5.74) is 5.32. The van der Waals surface area contributed by atoms with Gasteiger partial charge in [0, 0.05) is 11.4 Å². The molecule has 3 rings (SSSR count). The van der Waals surface area contributed by atoms with Crippen LogP contribution in [0.15, 0.2) is 48.5 Å². The van der Waals surface area contributed by atoms with E-state index < -0.39 is 0 Å². The molecule has 2 aromatic carbocycles. The van der Waals surface area contributed by atoms with Crippen LogP contribution in [0.4, 0.5) is 11.4 Å². The molecule has 1 heterocycles. The van der Waals surface area contributed by atoms with E-state index in [4.69, 9.17) is 0 Å². The van der Waals surface area contributed by atoms with Crippen molar-refractivity contribution in [3.05, 3.63) is 59.7 Å². The van der Waals surface area contributed by atoms with Crippen molar-refractivity contribution in [1.82, 2.24) is 0 Å². The highest BCUT2D eigenvalue weighted by atomic mass is 14.9. The molecule has 1 aliphatic rings. The van der Waals surface area contributed by atoms with Crippen LogP contribution in [0.1, 0.15) is 50.7 Å². The Morgan fingerprint density at radius 3 is 1.47 bits per heavy atom. The lowest BCUT2D eigenvalue weighted by molar-refractivity contribution is 0.631. The van der Waals surface area contributed by atoms with Crippen molar-refractivity contribution in [3.8, 4) is 0 Å². The van der Waals surface area contributed by atoms with E-state index in [1.54, 1.807) is 0 Å². The summed E-state index contributed by atoms with van der Waals surface area (Å²) in [5, 5.41) is 3.56. The molecule has 0 aliphatic carbocycles. The Morgan fingerprint density at radius 1 is 0.684 bits per heavy atom. The Kier molecular flexibility index (Phi) is 4.26. The van der Waals surface area contributed by atoms with Gasteiger partial charge in [0.05, 0.1) is 0 Å². The zero-order valence-electron chi connectivity index (χ0n) is 12.3. The summed E-state index contributed by atoms with van der Waals surface area (Å²) in [6.07, 6.45) is 0. The van der Waals surface area contributed by atoms with Crippen molar-refractivity contribution < 1.29 is 0 Å². The Bertz CT molecular complexity index is 495. The second-order valence-electron chi connectivity index (χ2n) is 4.88. The van der Waals surface area contributed by atoms with Crippen molar-refractivity contribution in [2.24, 2.45) is 0 Å². The van der Waals surface area contributed by atoms with Crippen molar-refractivity contribution in [3.63, 3.8) is 0 Å². The molecule has 0 saturated carbocycles. The Hall–Kier alpha value is -1.76. The molecule has 100 valence electrons. The van der Waals surface area contributed by atoms with Crippen molar-refractivity contribution in [2.45, 2.75) is 39.5 Å². The zero-order chi connectivity index (χ0) is 13.8. The number of fused-ring (bicyclic) bond motifs is 2. The largest absolute Gasteiger partial charge is 0.355 e. The minimum atomic E-state index is 0.544. The van der Waals surface area contributed by atoms with E-state index in [2.05, 4.69) is 67.7 Å². The highest BCUT2D eigenvalue weighted by Crippen LogP contribution is 2.43. The van der Waals surface area contributed by atoms with Gasteiger partial charge in [0.1, 0.15) is 0 Å². The molecular weight excluding hydrogens is 230 g/mol. The summed E-state index contributed by atoms with van der Waals surface area (Å²) in [5.74, 6) is 1.09. The van der Waals surface area contributed by atoms with Crippen LogP contribution in [0, 0.1) is 0 Å². The minimum absolute atomic E-state index is 0.544. The number of benzene rings is 2. The van der Waals surface area contributed by atoms with Gasteiger partial charge in [-0.1, -0.05) is 64.1 Å². The van der Waals surface area contributed by atoms with Crippen LogP contribution in [0.5, 0.6) is 0 Å². The number of hydrogen-bond acceptors (Lipinski definition) is 1. The van der Waals surface area contributed by atoms with Crippen LogP contribution in [0.2, 0.25) is 0 Å². The van der Waals surface area contributed by atoms with Gasteiger partial charge in [-0.15, -0.1) is 0 Å². The van der Waals surface area contributed by atoms with Crippen LogP contribution in [0.3, 0.4) is 0 Å². The van der Waals surface area contributed by atoms with Gasteiger partial charge in [-0.2, -0.15) is 0 Å². The molecule has 1 N–H and O–H groups in total. The van der Waals surface area contributed by atoms with Crippen molar-refractivity contribution >= 4 is 11.4 Å². The fraction of sp³-hybridized carbons (Fsp3) is 0.333. The molecular formula is C18H23N. The number of nitrogens with one attached hydrogen (secondary N) is 1. The molecule has 19 heavy (non-hydrogen) atoms. The number of hydrogen-bond donors (Lipinski definition) is 1. The zero-order valence-corrected chi connectivity index (χ0v) is 12.3. The van der Waals surface area contributed by atoms with Crippen LogP contribution in [-0.4, -0.2) is 0 Å². The third kappa shape index (κ3) is 2.51. The monoisotopic (exact) mass is 253 g/mol. The number of para-hydroxylation sites is 2. The summed E-state index contributed by atoms with van der Waals surface area (Å²) in [6.45, 7) is 8.63. The third-order valence-electron chi connectivity index (χ3n) is 3.92. The number of anilines is 2. The quantitative estimate of drug-likeness (QED) is 0.637. The Morgan fingerprint density at radius 2 is 1.05 bits per heavy atom. The van der Waals surface area contributed by atoms with Crippen LogP contribution in [-0.2, 0) is 0 Å². The van der Waals surface area contributed by atoms with E-state index in [0.717, 1.165) is 0 Å². The van der Waals surface area contributed by atoms with E-state index in [0.29, 0.717) is 11.8 Å². The molecule has 2 unspecified atom stereocenters. The van der Waals surface area contributed by atoms with Gasteiger partial charge in [-0.25, -0.2) is 0 Å². The fourth-order valence-corrected chi connectivity index (χ4v) is 2.70. The highest BCUT2D eigenvalue weighted by molar-refractivity contribution is 5.69. The maximum absolute atomic E-state index is 3.56. The first-order valence-corrected chi connectivity index (χ1v) is 7.22. The summed E-state index contributed by atoms with van der Waals surface area (Å²) in [7, 11) is 0. The van der Waals surface area contributed by atoms with E-state index in [9.17, 15) is 0 Å². The molecule has 0 aromatic heterocycles. The van der Waals surface area contributed by atoms with E-state index in [1.165, 1.54) is 22.5 Å². The van der Waals surface area contributed by atoms with Gasteiger partial charge in [0.2, 0.25) is 0 Å². The van der Waals surface area contributed by atoms with Gasteiger partial charge in [-0.3, -0.25) is 0 Å². The fourth-order valence-electron chi connectivity index (χ4n) is 2.70. The average molecular weight is 253 g/mol.